The van der Waals surface area contributed by atoms with Crippen LogP contribution in [0.25, 0.3) is 0 Å². The number of nitrogens with zero attached hydrogens (tertiary/aromatic N) is 1. The van der Waals surface area contributed by atoms with Crippen LogP contribution in [0.2, 0.25) is 0 Å². The van der Waals surface area contributed by atoms with Crippen molar-refractivity contribution in [2.24, 2.45) is 5.92 Å². The largest absolute Gasteiger partial charge is 0.431 e. The third kappa shape index (κ3) is 4.09. The first-order valence-electron chi connectivity index (χ1n) is 5.87. The number of rotatable bonds is 2. The van der Waals surface area contributed by atoms with Crippen LogP contribution in [0.1, 0.15) is 27.7 Å². The van der Waals surface area contributed by atoms with E-state index < -0.39 is 11.9 Å². The highest BCUT2D eigenvalue weighted by molar-refractivity contribution is 5.37. The highest BCUT2D eigenvalue weighted by atomic mass is 19.4. The van der Waals surface area contributed by atoms with Gasteiger partial charge in [-0.1, -0.05) is 46.9 Å². The van der Waals surface area contributed by atoms with Gasteiger partial charge in [0.25, 0.3) is 0 Å². The van der Waals surface area contributed by atoms with E-state index in [1.54, 1.807) is 12.2 Å². The van der Waals surface area contributed by atoms with Gasteiger partial charge in [0.1, 0.15) is 5.70 Å². The molecule has 0 atom stereocenters. The van der Waals surface area contributed by atoms with E-state index in [0.717, 1.165) is 10.5 Å². The molecule has 0 saturated heterocycles. The standard InChI is InChI=1S/C12H14F3N.C2H6/c1-8(2)11-6-5-9(3)16(7-11)10(4)12(13,14)15;1-2/h5-8H,3-4H2,1-2H3;1-2H3. The van der Waals surface area contributed by atoms with Gasteiger partial charge in [-0.05, 0) is 17.6 Å². The maximum Gasteiger partial charge on any atom is 0.431 e. The summed E-state index contributed by atoms with van der Waals surface area (Å²) in [7, 11) is 0. The molecular weight excluding hydrogens is 239 g/mol. The SMILES string of the molecule is C=C1C=CC(C(C)C)=CN1C(=C)C(F)(F)F.CC. The zero-order valence-electron chi connectivity index (χ0n) is 11.3. The maximum atomic E-state index is 12.5. The highest BCUT2D eigenvalue weighted by Gasteiger charge is 2.36. The molecule has 1 nitrogen and oxygen atoms in total. The summed E-state index contributed by atoms with van der Waals surface area (Å²) >= 11 is 0. The fourth-order valence-electron chi connectivity index (χ4n) is 1.28. The molecule has 1 heterocycles. The van der Waals surface area contributed by atoms with Gasteiger partial charge in [-0.25, -0.2) is 0 Å². The fourth-order valence-corrected chi connectivity index (χ4v) is 1.28. The Labute approximate surface area is 107 Å². The molecule has 4 heteroatoms. The van der Waals surface area contributed by atoms with E-state index in [4.69, 9.17) is 0 Å². The quantitative estimate of drug-likeness (QED) is 0.673. The van der Waals surface area contributed by atoms with Crippen molar-refractivity contribution in [2.75, 3.05) is 0 Å². The van der Waals surface area contributed by atoms with Crippen LogP contribution in [0.15, 0.2) is 48.5 Å². The molecule has 0 unspecified atom stereocenters. The second-order valence-electron chi connectivity index (χ2n) is 3.92. The molecule has 18 heavy (non-hydrogen) atoms. The van der Waals surface area contributed by atoms with E-state index in [-0.39, 0.29) is 11.6 Å². The van der Waals surface area contributed by atoms with Gasteiger partial charge in [-0.2, -0.15) is 13.2 Å². The summed E-state index contributed by atoms with van der Waals surface area (Å²) in [5.41, 5.74) is 0.171. The summed E-state index contributed by atoms with van der Waals surface area (Å²) in [4.78, 5) is 0.981. The van der Waals surface area contributed by atoms with Crippen molar-refractivity contribution in [3.8, 4) is 0 Å². The van der Waals surface area contributed by atoms with Crippen molar-refractivity contribution in [2.45, 2.75) is 33.9 Å². The van der Waals surface area contributed by atoms with Crippen LogP contribution < -0.4 is 0 Å². The van der Waals surface area contributed by atoms with Gasteiger partial charge in [0.15, 0.2) is 0 Å². The Morgan fingerprint density at radius 1 is 1.22 bits per heavy atom. The minimum absolute atomic E-state index is 0.160. The number of alkyl halides is 3. The van der Waals surface area contributed by atoms with Gasteiger partial charge in [0.2, 0.25) is 0 Å². The highest BCUT2D eigenvalue weighted by Crippen LogP contribution is 2.32. The van der Waals surface area contributed by atoms with E-state index in [1.807, 2.05) is 27.7 Å². The van der Waals surface area contributed by atoms with Crippen molar-refractivity contribution in [3.05, 3.63) is 48.5 Å². The van der Waals surface area contributed by atoms with Gasteiger partial charge in [-0.3, -0.25) is 0 Å². The normalized spacial score (nSPS) is 15.2. The van der Waals surface area contributed by atoms with E-state index in [1.165, 1.54) is 6.20 Å². The summed E-state index contributed by atoms with van der Waals surface area (Å²) in [6.07, 6.45) is 0.328. The second-order valence-corrected chi connectivity index (χ2v) is 3.92. The van der Waals surface area contributed by atoms with Crippen molar-refractivity contribution < 1.29 is 13.2 Å². The molecule has 0 aromatic carbocycles. The van der Waals surface area contributed by atoms with Gasteiger partial charge in [0, 0.05) is 11.9 Å². The molecule has 0 fully saturated rings. The van der Waals surface area contributed by atoms with E-state index in [0.29, 0.717) is 0 Å². The van der Waals surface area contributed by atoms with Crippen LogP contribution in [0, 0.1) is 5.92 Å². The van der Waals surface area contributed by atoms with Crippen LogP contribution in [0.5, 0.6) is 0 Å². The summed E-state index contributed by atoms with van der Waals surface area (Å²) in [6, 6.07) is 0. The van der Waals surface area contributed by atoms with Crippen molar-refractivity contribution in [3.63, 3.8) is 0 Å². The fraction of sp³-hybridized carbons (Fsp3) is 0.429. The smallest absolute Gasteiger partial charge is 0.314 e. The first kappa shape index (κ1) is 16.6. The molecule has 1 rings (SSSR count). The van der Waals surface area contributed by atoms with Crippen LogP contribution in [-0.2, 0) is 0 Å². The third-order valence-electron chi connectivity index (χ3n) is 2.34. The van der Waals surface area contributed by atoms with Gasteiger partial charge < -0.3 is 4.90 Å². The molecule has 0 spiro atoms. The Morgan fingerprint density at radius 3 is 2.11 bits per heavy atom. The molecule has 0 bridgehead atoms. The van der Waals surface area contributed by atoms with E-state index in [9.17, 15) is 13.2 Å². The first-order chi connectivity index (χ1) is 8.23. The molecule has 0 aromatic heterocycles. The predicted octanol–water partition coefficient (Wildman–Crippen LogP) is 5.01. The topological polar surface area (TPSA) is 3.24 Å². The number of hydrogen-bond donors (Lipinski definition) is 0. The average molecular weight is 259 g/mol. The molecular formula is C14H20F3N. The number of allylic oxidation sites excluding steroid dienone is 4. The molecule has 0 aliphatic carbocycles. The van der Waals surface area contributed by atoms with Gasteiger partial charge in [-0.15, -0.1) is 0 Å². The van der Waals surface area contributed by atoms with Crippen LogP contribution in [0.4, 0.5) is 13.2 Å². The van der Waals surface area contributed by atoms with Crippen LogP contribution >= 0.6 is 0 Å². The summed E-state index contributed by atoms with van der Waals surface area (Å²) in [6.45, 7) is 14.4. The monoisotopic (exact) mass is 259 g/mol. The first-order valence-corrected chi connectivity index (χ1v) is 5.87. The van der Waals surface area contributed by atoms with Gasteiger partial charge in [0.05, 0.1) is 0 Å². The molecule has 0 N–H and O–H groups in total. The maximum absolute atomic E-state index is 12.5. The summed E-state index contributed by atoms with van der Waals surface area (Å²) in [5.74, 6) is 0.160. The lowest BCUT2D eigenvalue weighted by Gasteiger charge is -2.28. The van der Waals surface area contributed by atoms with Crippen LogP contribution in [0.3, 0.4) is 0 Å². The summed E-state index contributed by atoms with van der Waals surface area (Å²) in [5, 5.41) is 0. The second kappa shape index (κ2) is 6.47. The Balaban J connectivity index is 0.00000137. The number of hydrogen-bond acceptors (Lipinski definition) is 1. The molecule has 1 aliphatic heterocycles. The Bertz CT molecular complexity index is 373. The predicted molar refractivity (Wildman–Crippen MR) is 69.6 cm³/mol. The Hall–Kier alpha value is -1.45. The van der Waals surface area contributed by atoms with Crippen molar-refractivity contribution in [1.82, 2.24) is 4.90 Å². The molecule has 0 saturated carbocycles. The van der Waals surface area contributed by atoms with Crippen LogP contribution in [-0.4, -0.2) is 11.1 Å². The zero-order valence-corrected chi connectivity index (χ0v) is 11.3. The van der Waals surface area contributed by atoms with Crippen molar-refractivity contribution in [1.29, 1.82) is 0 Å². The van der Waals surface area contributed by atoms with Crippen molar-refractivity contribution >= 4 is 0 Å². The average Bonchev–Trinajstić information content (AvgIpc) is 2.30. The van der Waals surface area contributed by atoms with E-state index in [2.05, 4.69) is 13.2 Å². The molecule has 0 amide bonds. The number of halogens is 3. The molecule has 0 aromatic rings. The van der Waals surface area contributed by atoms with E-state index >= 15 is 0 Å². The minimum atomic E-state index is -4.44. The molecule has 0 radical (unpaired) electrons. The third-order valence-corrected chi connectivity index (χ3v) is 2.34. The minimum Gasteiger partial charge on any atom is -0.314 e. The lowest BCUT2D eigenvalue weighted by atomic mass is 10.0. The lowest BCUT2D eigenvalue weighted by Crippen LogP contribution is -2.27. The van der Waals surface area contributed by atoms with Gasteiger partial charge >= 0.3 is 6.18 Å². The zero-order chi connectivity index (χ0) is 14.5. The molecule has 1 aliphatic rings. The Kier molecular flexibility index (Phi) is 5.95. The Morgan fingerprint density at radius 2 is 1.72 bits per heavy atom. The molecule has 102 valence electrons. The summed E-state index contributed by atoms with van der Waals surface area (Å²) < 4.78 is 37.5. The lowest BCUT2D eigenvalue weighted by molar-refractivity contribution is -0.104.